The number of aryl methyl sites for hydroxylation is 2. The number of hydrogen-bond donors (Lipinski definition) is 1. The highest BCUT2D eigenvalue weighted by Crippen LogP contribution is 2.19. The van der Waals surface area contributed by atoms with Gasteiger partial charge in [0.1, 0.15) is 11.5 Å². The zero-order chi connectivity index (χ0) is 16.7. The second-order valence-electron chi connectivity index (χ2n) is 5.47. The lowest BCUT2D eigenvalue weighted by Crippen LogP contribution is -2.30. The smallest absolute Gasteiger partial charge is 0.257 e. The average molecular weight is 313 g/mol. The van der Waals surface area contributed by atoms with Gasteiger partial charge in [0.2, 0.25) is 0 Å². The summed E-state index contributed by atoms with van der Waals surface area (Å²) in [7, 11) is 1.66. The third-order valence-corrected chi connectivity index (χ3v) is 3.60. The first kappa shape index (κ1) is 16.9. The molecule has 0 spiro atoms. The molecule has 0 bridgehead atoms. The molecule has 0 radical (unpaired) electrons. The molecule has 1 N–H and O–H groups in total. The van der Waals surface area contributed by atoms with E-state index < -0.39 is 0 Å². The lowest BCUT2D eigenvalue weighted by Gasteiger charge is -2.11. The van der Waals surface area contributed by atoms with Crippen molar-refractivity contribution in [1.29, 1.82) is 0 Å². The fraction of sp³-hybridized carbons (Fsp3) is 0.316. The molecule has 4 nitrogen and oxygen atoms in total. The number of rotatable bonds is 7. The van der Waals surface area contributed by atoms with E-state index in [9.17, 15) is 4.79 Å². The number of nitrogens with one attached hydrogen (secondary N) is 1. The van der Waals surface area contributed by atoms with E-state index in [-0.39, 0.29) is 12.5 Å². The third-order valence-electron chi connectivity index (χ3n) is 3.60. The highest BCUT2D eigenvalue weighted by atomic mass is 16.5. The Balaban J connectivity index is 1.79. The highest BCUT2D eigenvalue weighted by molar-refractivity contribution is 5.77. The quantitative estimate of drug-likeness (QED) is 0.854. The van der Waals surface area contributed by atoms with Gasteiger partial charge in [-0.15, -0.1) is 0 Å². The first-order valence-electron chi connectivity index (χ1n) is 7.69. The summed E-state index contributed by atoms with van der Waals surface area (Å²) in [4.78, 5) is 11.9. The van der Waals surface area contributed by atoms with Gasteiger partial charge in [-0.2, -0.15) is 0 Å². The molecule has 0 unspecified atom stereocenters. The van der Waals surface area contributed by atoms with Crippen molar-refractivity contribution in [3.05, 3.63) is 59.2 Å². The molecule has 0 atom stereocenters. The van der Waals surface area contributed by atoms with Crippen LogP contribution in [0, 0.1) is 13.8 Å². The molecule has 122 valence electrons. The number of methoxy groups -OCH3 is 1. The monoisotopic (exact) mass is 313 g/mol. The SMILES string of the molecule is COc1ccc(C)cc1CCNC(=O)COc1ccccc1C. The van der Waals surface area contributed by atoms with Crippen LogP contribution >= 0.6 is 0 Å². The fourth-order valence-electron chi connectivity index (χ4n) is 2.35. The lowest BCUT2D eigenvalue weighted by atomic mass is 10.1. The maximum Gasteiger partial charge on any atom is 0.257 e. The van der Waals surface area contributed by atoms with Crippen molar-refractivity contribution in [2.75, 3.05) is 20.3 Å². The van der Waals surface area contributed by atoms with E-state index in [4.69, 9.17) is 9.47 Å². The molecule has 2 aromatic carbocycles. The minimum Gasteiger partial charge on any atom is -0.496 e. The molecule has 4 heteroatoms. The molecule has 23 heavy (non-hydrogen) atoms. The Morgan fingerprint density at radius 1 is 1.09 bits per heavy atom. The van der Waals surface area contributed by atoms with Gasteiger partial charge in [-0.1, -0.05) is 35.9 Å². The number of carbonyl (C=O) groups excluding carboxylic acids is 1. The van der Waals surface area contributed by atoms with Crippen LogP contribution in [0.5, 0.6) is 11.5 Å². The van der Waals surface area contributed by atoms with Crippen molar-refractivity contribution in [2.24, 2.45) is 0 Å². The predicted molar refractivity (Wildman–Crippen MR) is 91.1 cm³/mol. The Morgan fingerprint density at radius 2 is 1.87 bits per heavy atom. The number of benzene rings is 2. The van der Waals surface area contributed by atoms with Crippen molar-refractivity contribution in [2.45, 2.75) is 20.3 Å². The topological polar surface area (TPSA) is 47.6 Å². The highest BCUT2D eigenvalue weighted by Gasteiger charge is 2.06. The molecule has 0 fully saturated rings. The van der Waals surface area contributed by atoms with Crippen LogP contribution in [0.2, 0.25) is 0 Å². The van der Waals surface area contributed by atoms with E-state index in [0.29, 0.717) is 6.54 Å². The van der Waals surface area contributed by atoms with Gasteiger partial charge in [-0.25, -0.2) is 0 Å². The van der Waals surface area contributed by atoms with Gasteiger partial charge in [0.25, 0.3) is 5.91 Å². The van der Waals surface area contributed by atoms with Gasteiger partial charge in [0, 0.05) is 6.54 Å². The van der Waals surface area contributed by atoms with Gasteiger partial charge in [0.05, 0.1) is 7.11 Å². The van der Waals surface area contributed by atoms with Gasteiger partial charge in [-0.3, -0.25) is 4.79 Å². The average Bonchev–Trinajstić information content (AvgIpc) is 2.54. The van der Waals surface area contributed by atoms with E-state index in [2.05, 4.69) is 11.4 Å². The standard InChI is InChI=1S/C19H23NO3/c1-14-8-9-18(22-3)16(12-14)10-11-20-19(21)13-23-17-7-5-4-6-15(17)2/h4-9,12H,10-11,13H2,1-3H3,(H,20,21). The van der Waals surface area contributed by atoms with Crippen LogP contribution < -0.4 is 14.8 Å². The van der Waals surface area contributed by atoms with Gasteiger partial charge in [0.15, 0.2) is 6.61 Å². The Morgan fingerprint density at radius 3 is 2.61 bits per heavy atom. The van der Waals surface area contributed by atoms with Crippen LogP contribution in [0.25, 0.3) is 0 Å². The van der Waals surface area contributed by atoms with E-state index in [1.807, 2.05) is 50.2 Å². The number of amides is 1. The van der Waals surface area contributed by atoms with Gasteiger partial charge >= 0.3 is 0 Å². The van der Waals surface area contributed by atoms with Crippen LogP contribution in [0.1, 0.15) is 16.7 Å². The minimum atomic E-state index is -0.125. The van der Waals surface area contributed by atoms with Crippen LogP contribution in [0.4, 0.5) is 0 Å². The largest absolute Gasteiger partial charge is 0.496 e. The molecule has 0 heterocycles. The second kappa shape index (κ2) is 8.22. The van der Waals surface area contributed by atoms with Crippen molar-refractivity contribution >= 4 is 5.91 Å². The van der Waals surface area contributed by atoms with Crippen LogP contribution in [-0.4, -0.2) is 26.2 Å². The van der Waals surface area contributed by atoms with Crippen molar-refractivity contribution < 1.29 is 14.3 Å². The zero-order valence-electron chi connectivity index (χ0n) is 13.9. The number of carbonyl (C=O) groups is 1. The first-order chi connectivity index (χ1) is 11.1. The molecule has 2 rings (SSSR count). The molecule has 1 amide bonds. The summed E-state index contributed by atoms with van der Waals surface area (Å²) in [6.07, 6.45) is 0.723. The van der Waals surface area contributed by atoms with Crippen LogP contribution in [0.3, 0.4) is 0 Å². The summed E-state index contributed by atoms with van der Waals surface area (Å²) in [5, 5.41) is 2.87. The summed E-state index contributed by atoms with van der Waals surface area (Å²) in [6.45, 7) is 4.57. The van der Waals surface area contributed by atoms with E-state index in [1.165, 1.54) is 5.56 Å². The lowest BCUT2D eigenvalue weighted by molar-refractivity contribution is -0.123. The summed E-state index contributed by atoms with van der Waals surface area (Å²) in [5.41, 5.74) is 3.28. The van der Waals surface area contributed by atoms with E-state index in [0.717, 1.165) is 29.0 Å². The normalized spacial score (nSPS) is 10.2. The summed E-state index contributed by atoms with van der Waals surface area (Å²) < 4.78 is 10.9. The molecule has 0 aliphatic heterocycles. The second-order valence-corrected chi connectivity index (χ2v) is 5.47. The first-order valence-corrected chi connectivity index (χ1v) is 7.69. The van der Waals surface area contributed by atoms with Crippen LogP contribution in [0.15, 0.2) is 42.5 Å². The predicted octanol–water partition coefficient (Wildman–Crippen LogP) is 3.05. The summed E-state index contributed by atoms with van der Waals surface area (Å²) in [6, 6.07) is 13.7. The summed E-state index contributed by atoms with van der Waals surface area (Å²) >= 11 is 0. The Labute approximate surface area is 137 Å². The molecule has 0 aliphatic rings. The maximum atomic E-state index is 11.9. The Kier molecular flexibility index (Phi) is 6.03. The van der Waals surface area contributed by atoms with E-state index in [1.54, 1.807) is 7.11 Å². The van der Waals surface area contributed by atoms with E-state index >= 15 is 0 Å². The van der Waals surface area contributed by atoms with Gasteiger partial charge in [-0.05, 0) is 43.5 Å². The summed E-state index contributed by atoms with van der Waals surface area (Å²) in [5.74, 6) is 1.46. The molecule has 2 aromatic rings. The molecular formula is C19H23NO3. The third kappa shape index (κ3) is 5.02. The number of hydrogen-bond acceptors (Lipinski definition) is 3. The Bertz CT molecular complexity index is 667. The zero-order valence-corrected chi connectivity index (χ0v) is 13.9. The van der Waals surface area contributed by atoms with Gasteiger partial charge < -0.3 is 14.8 Å². The number of ether oxygens (including phenoxy) is 2. The molecule has 0 aromatic heterocycles. The Hall–Kier alpha value is -2.49. The molecule has 0 saturated heterocycles. The molecular weight excluding hydrogens is 290 g/mol. The van der Waals surface area contributed by atoms with Crippen molar-refractivity contribution in [1.82, 2.24) is 5.32 Å². The fourth-order valence-corrected chi connectivity index (χ4v) is 2.35. The minimum absolute atomic E-state index is 0.0236. The molecule has 0 aliphatic carbocycles. The maximum absolute atomic E-state index is 11.9. The van der Waals surface area contributed by atoms with Crippen LogP contribution in [-0.2, 0) is 11.2 Å². The van der Waals surface area contributed by atoms with Crippen molar-refractivity contribution in [3.8, 4) is 11.5 Å². The van der Waals surface area contributed by atoms with Crippen molar-refractivity contribution in [3.63, 3.8) is 0 Å². The molecule has 0 saturated carbocycles. The number of para-hydroxylation sites is 1.